The topological polar surface area (TPSA) is 71.3 Å². The number of hydrogen-bond donors (Lipinski definition) is 1. The van der Waals surface area contributed by atoms with Gasteiger partial charge in [0, 0.05) is 19.5 Å². The van der Waals surface area contributed by atoms with Gasteiger partial charge in [0.05, 0.1) is 0 Å². The fraction of sp³-hybridized carbons (Fsp3) is 0.786. The number of hydrogen-bond acceptors (Lipinski definition) is 4. The van der Waals surface area contributed by atoms with Crippen LogP contribution in [0, 0.1) is 11.8 Å². The van der Waals surface area contributed by atoms with E-state index in [0.29, 0.717) is 42.6 Å². The molecule has 2 amide bonds. The SMILES string of the molecule is CCc1nnc(CN(C)C(=O)NC(C2CC2)C2CC2)o1. The Morgan fingerprint density at radius 2 is 1.90 bits per heavy atom. The van der Waals surface area contributed by atoms with E-state index >= 15 is 0 Å². The Kier molecular flexibility index (Phi) is 3.63. The maximum atomic E-state index is 12.2. The zero-order chi connectivity index (χ0) is 14.1. The van der Waals surface area contributed by atoms with Gasteiger partial charge in [-0.3, -0.25) is 0 Å². The summed E-state index contributed by atoms with van der Waals surface area (Å²) < 4.78 is 5.43. The second kappa shape index (κ2) is 5.42. The molecule has 3 rings (SSSR count). The molecule has 6 nitrogen and oxygen atoms in total. The van der Waals surface area contributed by atoms with Crippen LogP contribution in [-0.2, 0) is 13.0 Å². The molecule has 1 N–H and O–H groups in total. The van der Waals surface area contributed by atoms with Crippen molar-refractivity contribution in [3.63, 3.8) is 0 Å². The minimum absolute atomic E-state index is 0.0370. The maximum Gasteiger partial charge on any atom is 0.317 e. The number of carbonyl (C=O) groups excluding carboxylic acids is 1. The van der Waals surface area contributed by atoms with Gasteiger partial charge in [-0.05, 0) is 37.5 Å². The largest absolute Gasteiger partial charge is 0.423 e. The number of aryl methyl sites for hydroxylation is 1. The molecule has 0 aromatic carbocycles. The molecular weight excluding hydrogens is 256 g/mol. The molecule has 20 heavy (non-hydrogen) atoms. The fourth-order valence-electron chi connectivity index (χ4n) is 2.55. The summed E-state index contributed by atoms with van der Waals surface area (Å²) in [5.74, 6) is 2.52. The first kappa shape index (κ1) is 13.4. The predicted octanol–water partition coefficient (Wildman–Crippen LogP) is 1.96. The van der Waals surface area contributed by atoms with Crippen molar-refractivity contribution in [2.75, 3.05) is 7.05 Å². The molecule has 6 heteroatoms. The smallest absolute Gasteiger partial charge is 0.317 e. The molecule has 0 bridgehead atoms. The average Bonchev–Trinajstić information content (AvgIpc) is 3.35. The summed E-state index contributed by atoms with van der Waals surface area (Å²) >= 11 is 0. The molecule has 0 radical (unpaired) electrons. The molecule has 2 fully saturated rings. The monoisotopic (exact) mass is 278 g/mol. The second-order valence-corrected chi connectivity index (χ2v) is 5.95. The highest BCUT2D eigenvalue weighted by Crippen LogP contribution is 2.44. The lowest BCUT2D eigenvalue weighted by Crippen LogP contribution is -2.44. The van der Waals surface area contributed by atoms with E-state index in [1.54, 1.807) is 11.9 Å². The highest BCUT2D eigenvalue weighted by molar-refractivity contribution is 5.74. The van der Waals surface area contributed by atoms with Crippen molar-refractivity contribution in [2.24, 2.45) is 11.8 Å². The van der Waals surface area contributed by atoms with E-state index in [2.05, 4.69) is 15.5 Å². The molecule has 0 aliphatic heterocycles. The molecule has 0 saturated heterocycles. The van der Waals surface area contributed by atoms with Crippen molar-refractivity contribution < 1.29 is 9.21 Å². The highest BCUT2D eigenvalue weighted by atomic mass is 16.4. The lowest BCUT2D eigenvalue weighted by atomic mass is 10.1. The number of aromatic nitrogens is 2. The summed E-state index contributed by atoms with van der Waals surface area (Å²) in [5.41, 5.74) is 0. The molecule has 1 aromatic heterocycles. The van der Waals surface area contributed by atoms with Crippen molar-refractivity contribution in [1.82, 2.24) is 20.4 Å². The van der Waals surface area contributed by atoms with Gasteiger partial charge in [0.25, 0.3) is 0 Å². The zero-order valence-corrected chi connectivity index (χ0v) is 12.1. The Morgan fingerprint density at radius 1 is 1.30 bits per heavy atom. The van der Waals surface area contributed by atoms with Crippen LogP contribution in [-0.4, -0.2) is 34.2 Å². The van der Waals surface area contributed by atoms with E-state index in [-0.39, 0.29) is 6.03 Å². The number of nitrogens with one attached hydrogen (secondary N) is 1. The number of carbonyl (C=O) groups is 1. The number of amides is 2. The van der Waals surface area contributed by atoms with Gasteiger partial charge in [0.1, 0.15) is 6.54 Å². The van der Waals surface area contributed by atoms with E-state index in [4.69, 9.17) is 4.42 Å². The van der Waals surface area contributed by atoms with Gasteiger partial charge in [0.2, 0.25) is 11.8 Å². The molecule has 1 aromatic rings. The van der Waals surface area contributed by atoms with Gasteiger partial charge >= 0.3 is 6.03 Å². The first-order chi connectivity index (χ1) is 9.67. The fourth-order valence-corrected chi connectivity index (χ4v) is 2.55. The van der Waals surface area contributed by atoms with Crippen LogP contribution in [0.3, 0.4) is 0 Å². The van der Waals surface area contributed by atoms with Crippen molar-refractivity contribution in [3.05, 3.63) is 11.8 Å². The van der Waals surface area contributed by atoms with Crippen LogP contribution >= 0.6 is 0 Å². The predicted molar refractivity (Wildman–Crippen MR) is 72.9 cm³/mol. The van der Waals surface area contributed by atoms with E-state index in [9.17, 15) is 4.79 Å². The van der Waals surface area contributed by atoms with Gasteiger partial charge in [-0.1, -0.05) is 6.92 Å². The minimum atomic E-state index is -0.0370. The summed E-state index contributed by atoms with van der Waals surface area (Å²) in [6.45, 7) is 2.32. The Hall–Kier alpha value is -1.59. The van der Waals surface area contributed by atoms with Gasteiger partial charge in [-0.15, -0.1) is 10.2 Å². The lowest BCUT2D eigenvalue weighted by Gasteiger charge is -2.22. The van der Waals surface area contributed by atoms with Crippen LogP contribution < -0.4 is 5.32 Å². The van der Waals surface area contributed by atoms with Crippen LogP contribution in [0.15, 0.2) is 4.42 Å². The standard InChI is InChI=1S/C14H22N4O2/c1-3-11-16-17-12(20-11)8-18(2)14(19)15-13(9-4-5-9)10-6-7-10/h9-10,13H,3-8H2,1-2H3,(H,15,19). The Labute approximate surface area is 118 Å². The number of urea groups is 1. The van der Waals surface area contributed by atoms with Crippen LogP contribution in [0.1, 0.15) is 44.4 Å². The first-order valence-corrected chi connectivity index (χ1v) is 7.50. The van der Waals surface area contributed by atoms with Crippen molar-refractivity contribution in [1.29, 1.82) is 0 Å². The first-order valence-electron chi connectivity index (χ1n) is 7.50. The molecule has 2 aliphatic rings. The quantitative estimate of drug-likeness (QED) is 0.863. The van der Waals surface area contributed by atoms with Gasteiger partial charge < -0.3 is 14.6 Å². The molecule has 2 saturated carbocycles. The molecular formula is C14H22N4O2. The van der Waals surface area contributed by atoms with Gasteiger partial charge in [-0.2, -0.15) is 0 Å². The van der Waals surface area contributed by atoms with Gasteiger partial charge in [-0.25, -0.2) is 4.79 Å². The Morgan fingerprint density at radius 3 is 2.40 bits per heavy atom. The van der Waals surface area contributed by atoms with Crippen LogP contribution in [0.4, 0.5) is 4.79 Å². The van der Waals surface area contributed by atoms with Crippen LogP contribution in [0.2, 0.25) is 0 Å². The molecule has 110 valence electrons. The highest BCUT2D eigenvalue weighted by Gasteiger charge is 2.42. The van der Waals surface area contributed by atoms with E-state index < -0.39 is 0 Å². The maximum absolute atomic E-state index is 12.2. The molecule has 2 aliphatic carbocycles. The minimum Gasteiger partial charge on any atom is -0.423 e. The number of nitrogens with zero attached hydrogens (tertiary/aromatic N) is 3. The third kappa shape index (κ3) is 3.11. The summed E-state index contributed by atoms with van der Waals surface area (Å²) in [6, 6.07) is 0.337. The third-order valence-electron chi connectivity index (χ3n) is 4.08. The summed E-state index contributed by atoms with van der Waals surface area (Å²) in [7, 11) is 1.77. The van der Waals surface area contributed by atoms with E-state index in [1.165, 1.54) is 25.7 Å². The number of rotatable bonds is 6. The van der Waals surface area contributed by atoms with E-state index in [0.717, 1.165) is 0 Å². The third-order valence-corrected chi connectivity index (χ3v) is 4.08. The molecule has 0 atom stereocenters. The van der Waals surface area contributed by atoms with Crippen LogP contribution in [0.5, 0.6) is 0 Å². The van der Waals surface area contributed by atoms with Crippen LogP contribution in [0.25, 0.3) is 0 Å². The zero-order valence-electron chi connectivity index (χ0n) is 12.1. The molecule has 1 heterocycles. The second-order valence-electron chi connectivity index (χ2n) is 5.95. The normalized spacial score (nSPS) is 18.4. The van der Waals surface area contributed by atoms with Crippen molar-refractivity contribution in [3.8, 4) is 0 Å². The molecule has 0 unspecified atom stereocenters. The molecule has 0 spiro atoms. The van der Waals surface area contributed by atoms with Crippen molar-refractivity contribution >= 4 is 6.03 Å². The van der Waals surface area contributed by atoms with Gasteiger partial charge in [0.15, 0.2) is 0 Å². The average molecular weight is 278 g/mol. The Balaban J connectivity index is 1.53. The van der Waals surface area contributed by atoms with Crippen molar-refractivity contribution in [2.45, 2.75) is 51.6 Å². The summed E-state index contributed by atoms with van der Waals surface area (Å²) in [5, 5.41) is 11.0. The summed E-state index contributed by atoms with van der Waals surface area (Å²) in [4.78, 5) is 13.8. The lowest BCUT2D eigenvalue weighted by molar-refractivity contribution is 0.194. The summed E-state index contributed by atoms with van der Waals surface area (Å²) in [6.07, 6.45) is 5.75. The Bertz CT molecular complexity index is 467. The van der Waals surface area contributed by atoms with E-state index in [1.807, 2.05) is 6.92 Å².